The maximum absolute atomic E-state index is 12.1. The highest BCUT2D eigenvalue weighted by molar-refractivity contribution is 6.40. The van der Waals surface area contributed by atoms with Gasteiger partial charge in [0.15, 0.2) is 5.71 Å². The first-order chi connectivity index (χ1) is 10.6. The summed E-state index contributed by atoms with van der Waals surface area (Å²) in [6, 6.07) is 5.25. The Bertz CT molecular complexity index is 637. The van der Waals surface area contributed by atoms with Gasteiger partial charge in [-0.2, -0.15) is 5.10 Å². The van der Waals surface area contributed by atoms with Crippen LogP contribution in [0, 0.1) is 0 Å². The Hall–Kier alpha value is -2.70. The number of hydrogen-bond donors (Lipinski definition) is 1. The molecule has 1 atom stereocenters. The van der Waals surface area contributed by atoms with Crippen molar-refractivity contribution in [1.29, 1.82) is 0 Å². The first kappa shape index (κ1) is 15.7. The fourth-order valence-electron chi connectivity index (χ4n) is 2.21. The second-order valence-electron chi connectivity index (χ2n) is 4.55. The van der Waals surface area contributed by atoms with Crippen molar-refractivity contribution in [3.8, 4) is 0 Å². The molecule has 7 nitrogen and oxygen atoms in total. The Balaban J connectivity index is 2.53. The van der Waals surface area contributed by atoms with Gasteiger partial charge in [0, 0.05) is 11.9 Å². The number of nitrogens with one attached hydrogen (secondary N) is 1. The molecule has 0 saturated heterocycles. The van der Waals surface area contributed by atoms with Gasteiger partial charge in [0.1, 0.15) is 0 Å². The molecule has 1 aliphatic rings. The fourth-order valence-corrected chi connectivity index (χ4v) is 2.21. The third kappa shape index (κ3) is 2.98. The molecule has 1 aliphatic heterocycles. The van der Waals surface area contributed by atoms with Crippen molar-refractivity contribution in [3.05, 3.63) is 41.4 Å². The molecule has 7 heteroatoms. The average molecular weight is 303 g/mol. The van der Waals surface area contributed by atoms with Crippen molar-refractivity contribution in [2.24, 2.45) is 5.10 Å². The number of ether oxygens (including phenoxy) is 2. The van der Waals surface area contributed by atoms with Crippen LogP contribution in [0.15, 0.2) is 40.8 Å². The fraction of sp³-hybridized carbons (Fsp3) is 0.333. The van der Waals surface area contributed by atoms with Crippen LogP contribution in [0.25, 0.3) is 0 Å². The molecular formula is C15H17N3O4. The molecule has 0 aromatic carbocycles. The molecule has 0 spiro atoms. The van der Waals surface area contributed by atoms with E-state index in [4.69, 9.17) is 9.47 Å². The summed E-state index contributed by atoms with van der Waals surface area (Å²) in [4.78, 5) is 28.5. The van der Waals surface area contributed by atoms with Gasteiger partial charge in [0.05, 0.1) is 30.9 Å². The molecule has 0 radical (unpaired) electrons. The normalized spacial score (nSPS) is 17.4. The zero-order valence-corrected chi connectivity index (χ0v) is 12.6. The molecule has 0 fully saturated rings. The van der Waals surface area contributed by atoms with Gasteiger partial charge in [-0.05, 0) is 26.0 Å². The number of rotatable bonds is 4. The number of carbonyl (C=O) groups excluding carboxylic acids is 2. The van der Waals surface area contributed by atoms with Gasteiger partial charge >= 0.3 is 11.9 Å². The molecule has 22 heavy (non-hydrogen) atoms. The monoisotopic (exact) mass is 303 g/mol. The van der Waals surface area contributed by atoms with Crippen molar-refractivity contribution in [2.45, 2.75) is 19.8 Å². The molecule has 1 N–H and O–H groups in total. The Kier molecular flexibility index (Phi) is 4.88. The van der Waals surface area contributed by atoms with E-state index < -0.39 is 17.9 Å². The predicted octanol–water partition coefficient (Wildman–Crippen LogP) is 1.13. The first-order valence-corrected chi connectivity index (χ1v) is 6.80. The Morgan fingerprint density at radius 2 is 2.09 bits per heavy atom. The van der Waals surface area contributed by atoms with E-state index in [9.17, 15) is 9.59 Å². The number of pyridine rings is 1. The van der Waals surface area contributed by atoms with Crippen LogP contribution >= 0.6 is 0 Å². The Morgan fingerprint density at radius 1 is 1.32 bits per heavy atom. The van der Waals surface area contributed by atoms with Crippen LogP contribution in [0.2, 0.25) is 0 Å². The minimum Gasteiger partial charge on any atom is -0.466 e. The highest BCUT2D eigenvalue weighted by Crippen LogP contribution is 2.30. The lowest BCUT2D eigenvalue weighted by molar-refractivity contribution is -0.136. The van der Waals surface area contributed by atoms with Gasteiger partial charge in [-0.15, -0.1) is 0 Å². The highest BCUT2D eigenvalue weighted by Gasteiger charge is 2.38. The van der Waals surface area contributed by atoms with Crippen molar-refractivity contribution >= 4 is 17.7 Å². The summed E-state index contributed by atoms with van der Waals surface area (Å²) >= 11 is 0. The second kappa shape index (κ2) is 6.84. The lowest BCUT2D eigenvalue weighted by atomic mass is 9.87. The van der Waals surface area contributed by atoms with E-state index in [-0.39, 0.29) is 12.3 Å². The average Bonchev–Trinajstić information content (AvgIpc) is 2.54. The SMILES string of the molecule is CCOC(=O)C1=NNC(C)=C(C(=O)OC)C1c1ccccn1. The van der Waals surface area contributed by atoms with Crippen LogP contribution in [0.1, 0.15) is 25.5 Å². The van der Waals surface area contributed by atoms with E-state index >= 15 is 0 Å². The predicted molar refractivity (Wildman–Crippen MR) is 78.9 cm³/mol. The van der Waals surface area contributed by atoms with E-state index in [0.717, 1.165) is 0 Å². The van der Waals surface area contributed by atoms with E-state index in [1.165, 1.54) is 7.11 Å². The second-order valence-corrected chi connectivity index (χ2v) is 4.55. The summed E-state index contributed by atoms with van der Waals surface area (Å²) in [7, 11) is 1.29. The van der Waals surface area contributed by atoms with E-state index in [1.807, 2.05) is 0 Å². The molecule has 0 amide bonds. The van der Waals surface area contributed by atoms with Crippen molar-refractivity contribution in [3.63, 3.8) is 0 Å². The van der Waals surface area contributed by atoms with Gasteiger partial charge < -0.3 is 9.47 Å². The van der Waals surface area contributed by atoms with E-state index in [1.54, 1.807) is 38.2 Å². The summed E-state index contributed by atoms with van der Waals surface area (Å²) in [5.74, 6) is -1.87. The number of carbonyl (C=O) groups is 2. The van der Waals surface area contributed by atoms with Gasteiger partial charge in [-0.3, -0.25) is 10.4 Å². The molecule has 116 valence electrons. The maximum atomic E-state index is 12.1. The minimum atomic E-state index is -0.728. The van der Waals surface area contributed by atoms with Gasteiger partial charge in [-0.1, -0.05) is 6.07 Å². The quantitative estimate of drug-likeness (QED) is 0.839. The Morgan fingerprint density at radius 3 is 2.68 bits per heavy atom. The van der Waals surface area contributed by atoms with Crippen LogP contribution in [-0.4, -0.2) is 36.4 Å². The van der Waals surface area contributed by atoms with Gasteiger partial charge in [0.2, 0.25) is 0 Å². The molecule has 2 rings (SSSR count). The van der Waals surface area contributed by atoms with Crippen LogP contribution in [0.5, 0.6) is 0 Å². The number of allylic oxidation sites excluding steroid dienone is 1. The summed E-state index contributed by atoms with van der Waals surface area (Å²) in [5, 5.41) is 4.04. The number of esters is 2. The molecule has 0 bridgehead atoms. The van der Waals surface area contributed by atoms with Crippen molar-refractivity contribution in [1.82, 2.24) is 10.4 Å². The zero-order valence-electron chi connectivity index (χ0n) is 12.6. The summed E-state index contributed by atoms with van der Waals surface area (Å²) in [6.45, 7) is 3.60. The number of aromatic nitrogens is 1. The number of hydrogen-bond acceptors (Lipinski definition) is 7. The molecule has 0 saturated carbocycles. The first-order valence-electron chi connectivity index (χ1n) is 6.80. The van der Waals surface area contributed by atoms with Crippen LogP contribution in [0.4, 0.5) is 0 Å². The molecule has 1 unspecified atom stereocenters. The standard InChI is InChI=1S/C15H17N3O4/c1-4-22-15(20)13-12(10-7-5-6-8-16-10)11(14(19)21-3)9(2)17-18-13/h5-8,12,17H,4H2,1-3H3. The van der Waals surface area contributed by atoms with E-state index in [2.05, 4.69) is 15.5 Å². The van der Waals surface area contributed by atoms with Crippen molar-refractivity contribution < 1.29 is 19.1 Å². The van der Waals surface area contributed by atoms with Crippen molar-refractivity contribution in [2.75, 3.05) is 13.7 Å². The van der Waals surface area contributed by atoms with Crippen LogP contribution < -0.4 is 5.43 Å². The number of methoxy groups -OCH3 is 1. The number of nitrogens with zero attached hydrogens (tertiary/aromatic N) is 2. The molecule has 1 aromatic rings. The summed E-state index contributed by atoms with van der Waals surface area (Å²) < 4.78 is 9.85. The summed E-state index contributed by atoms with van der Waals surface area (Å²) in [6.07, 6.45) is 1.59. The van der Waals surface area contributed by atoms with Gasteiger partial charge in [-0.25, -0.2) is 9.59 Å². The number of hydrazone groups is 1. The Labute approximate surface area is 128 Å². The highest BCUT2D eigenvalue weighted by atomic mass is 16.5. The smallest absolute Gasteiger partial charge is 0.355 e. The summed E-state index contributed by atoms with van der Waals surface area (Å²) in [5.41, 5.74) is 4.07. The van der Waals surface area contributed by atoms with Crippen LogP contribution in [0.3, 0.4) is 0 Å². The lowest BCUT2D eigenvalue weighted by Crippen LogP contribution is -2.36. The third-order valence-electron chi connectivity index (χ3n) is 3.18. The largest absolute Gasteiger partial charge is 0.466 e. The maximum Gasteiger partial charge on any atom is 0.355 e. The van der Waals surface area contributed by atoms with Crippen LogP contribution in [-0.2, 0) is 19.1 Å². The molecule has 0 aliphatic carbocycles. The molecular weight excluding hydrogens is 286 g/mol. The minimum absolute atomic E-state index is 0.0755. The lowest BCUT2D eigenvalue weighted by Gasteiger charge is -2.25. The third-order valence-corrected chi connectivity index (χ3v) is 3.18. The van der Waals surface area contributed by atoms with E-state index in [0.29, 0.717) is 17.0 Å². The zero-order chi connectivity index (χ0) is 16.1. The van der Waals surface area contributed by atoms with Gasteiger partial charge in [0.25, 0.3) is 0 Å². The molecule has 2 heterocycles. The topological polar surface area (TPSA) is 89.9 Å². The molecule has 1 aromatic heterocycles.